The molecule has 2 atom stereocenters. The molecule has 0 saturated carbocycles. The Labute approximate surface area is 116 Å². The molecule has 1 aromatic carbocycles. The van der Waals surface area contributed by atoms with E-state index in [-0.39, 0.29) is 35.0 Å². The van der Waals surface area contributed by atoms with Crippen LogP contribution in [-0.4, -0.2) is 35.1 Å². The van der Waals surface area contributed by atoms with Crippen LogP contribution in [0.25, 0.3) is 0 Å². The molecule has 0 spiro atoms. The highest BCUT2D eigenvalue weighted by atomic mass is 35.5. The molecule has 6 heteroatoms. The van der Waals surface area contributed by atoms with Gasteiger partial charge in [-0.15, -0.1) is 0 Å². The summed E-state index contributed by atoms with van der Waals surface area (Å²) in [7, 11) is 0. The summed E-state index contributed by atoms with van der Waals surface area (Å²) < 4.78 is 0. The van der Waals surface area contributed by atoms with E-state index in [4.69, 9.17) is 11.6 Å². The van der Waals surface area contributed by atoms with Gasteiger partial charge in [0.25, 0.3) is 0 Å². The highest BCUT2D eigenvalue weighted by Gasteiger charge is 2.21. The Balaban J connectivity index is 2.76. The smallest absolute Gasteiger partial charge is 0.216 e. The molecule has 0 fully saturated rings. The number of benzene rings is 1. The maximum atomic E-state index is 10.9. The lowest BCUT2D eigenvalue weighted by Gasteiger charge is -2.20. The number of aliphatic hydroxyl groups excluding tert-OH is 2. The Kier molecular flexibility index (Phi) is 5.95. The molecule has 0 aromatic heterocycles. The summed E-state index contributed by atoms with van der Waals surface area (Å²) in [6.45, 7) is 1.61. The standard InChI is InChI=1S/C13H16ClNO4/c1-8(17)15-6-5-12(18)13(19)9-3-2-4-11(14)10(9)7-16/h2-4,7,12-13,18-19H,5-6H2,1H3,(H,15,17). The second-order valence-electron chi connectivity index (χ2n) is 4.14. The Morgan fingerprint density at radius 3 is 2.74 bits per heavy atom. The van der Waals surface area contributed by atoms with E-state index in [0.29, 0.717) is 6.29 Å². The largest absolute Gasteiger partial charge is 0.390 e. The average Bonchev–Trinajstić information content (AvgIpc) is 2.37. The quantitative estimate of drug-likeness (QED) is 0.683. The molecule has 0 bridgehead atoms. The lowest BCUT2D eigenvalue weighted by atomic mass is 9.97. The van der Waals surface area contributed by atoms with Gasteiger partial charge in [0.2, 0.25) is 5.91 Å². The molecule has 5 nitrogen and oxygen atoms in total. The molecule has 0 saturated heterocycles. The number of nitrogens with one attached hydrogen (secondary N) is 1. The van der Waals surface area contributed by atoms with E-state index in [1.165, 1.54) is 19.1 Å². The predicted molar refractivity (Wildman–Crippen MR) is 71.1 cm³/mol. The first-order valence-corrected chi connectivity index (χ1v) is 6.19. The van der Waals surface area contributed by atoms with Gasteiger partial charge in [0.1, 0.15) is 6.10 Å². The van der Waals surface area contributed by atoms with E-state index >= 15 is 0 Å². The zero-order valence-electron chi connectivity index (χ0n) is 10.5. The van der Waals surface area contributed by atoms with E-state index in [9.17, 15) is 19.8 Å². The van der Waals surface area contributed by atoms with Crippen LogP contribution >= 0.6 is 11.6 Å². The third-order valence-electron chi connectivity index (χ3n) is 2.70. The molecule has 1 rings (SSSR count). The molecular formula is C13H16ClNO4. The monoisotopic (exact) mass is 285 g/mol. The zero-order chi connectivity index (χ0) is 14.4. The summed E-state index contributed by atoms with van der Waals surface area (Å²) >= 11 is 5.84. The second-order valence-corrected chi connectivity index (χ2v) is 4.55. The van der Waals surface area contributed by atoms with Crippen LogP contribution in [0.3, 0.4) is 0 Å². The number of aldehydes is 1. The summed E-state index contributed by atoms with van der Waals surface area (Å²) in [5, 5.41) is 22.6. The molecule has 19 heavy (non-hydrogen) atoms. The van der Waals surface area contributed by atoms with Crippen LogP contribution in [0, 0.1) is 0 Å². The highest BCUT2D eigenvalue weighted by molar-refractivity contribution is 6.33. The van der Waals surface area contributed by atoms with Gasteiger partial charge < -0.3 is 15.5 Å². The van der Waals surface area contributed by atoms with E-state index in [1.807, 2.05) is 0 Å². The third kappa shape index (κ3) is 4.31. The third-order valence-corrected chi connectivity index (χ3v) is 3.03. The van der Waals surface area contributed by atoms with Crippen molar-refractivity contribution in [1.29, 1.82) is 0 Å². The van der Waals surface area contributed by atoms with E-state index in [1.54, 1.807) is 6.07 Å². The van der Waals surface area contributed by atoms with Crippen LogP contribution in [-0.2, 0) is 4.79 Å². The SMILES string of the molecule is CC(=O)NCCC(O)C(O)c1cccc(Cl)c1C=O. The maximum absolute atomic E-state index is 10.9. The van der Waals surface area contributed by atoms with Gasteiger partial charge in [0.15, 0.2) is 6.29 Å². The molecule has 0 heterocycles. The molecule has 104 valence electrons. The predicted octanol–water partition coefficient (Wildman–Crippen LogP) is 1.07. The Hall–Kier alpha value is -1.43. The molecule has 1 aromatic rings. The molecule has 0 radical (unpaired) electrons. The molecular weight excluding hydrogens is 270 g/mol. The van der Waals surface area contributed by atoms with Gasteiger partial charge in [0.05, 0.1) is 11.1 Å². The van der Waals surface area contributed by atoms with Crippen molar-refractivity contribution in [3.8, 4) is 0 Å². The minimum atomic E-state index is -1.23. The molecule has 2 unspecified atom stereocenters. The number of carbonyl (C=O) groups is 2. The van der Waals surface area contributed by atoms with Crippen molar-refractivity contribution in [2.45, 2.75) is 25.6 Å². The number of carbonyl (C=O) groups excluding carboxylic acids is 2. The van der Waals surface area contributed by atoms with Crippen molar-refractivity contribution < 1.29 is 19.8 Å². The van der Waals surface area contributed by atoms with Crippen LogP contribution < -0.4 is 5.32 Å². The van der Waals surface area contributed by atoms with Gasteiger partial charge >= 0.3 is 0 Å². The second kappa shape index (κ2) is 7.23. The van der Waals surface area contributed by atoms with Crippen molar-refractivity contribution in [3.05, 3.63) is 34.3 Å². The van der Waals surface area contributed by atoms with E-state index in [2.05, 4.69) is 5.32 Å². The van der Waals surface area contributed by atoms with Gasteiger partial charge in [-0.3, -0.25) is 9.59 Å². The number of aliphatic hydroxyl groups is 2. The fourth-order valence-corrected chi connectivity index (χ4v) is 1.92. The van der Waals surface area contributed by atoms with Gasteiger partial charge in [-0.1, -0.05) is 23.7 Å². The van der Waals surface area contributed by atoms with Crippen molar-refractivity contribution in [2.24, 2.45) is 0 Å². The minimum Gasteiger partial charge on any atom is -0.390 e. The first kappa shape index (κ1) is 15.6. The van der Waals surface area contributed by atoms with Gasteiger partial charge in [-0.05, 0) is 18.1 Å². The molecule has 0 aliphatic carbocycles. The lowest BCUT2D eigenvalue weighted by Crippen LogP contribution is -2.28. The fraction of sp³-hybridized carbons (Fsp3) is 0.385. The van der Waals surface area contributed by atoms with Crippen LogP contribution in [0.15, 0.2) is 18.2 Å². The number of hydrogen-bond donors (Lipinski definition) is 3. The van der Waals surface area contributed by atoms with E-state index in [0.717, 1.165) is 0 Å². The summed E-state index contributed by atoms with van der Waals surface area (Å²) in [6.07, 6.45) is -1.61. The van der Waals surface area contributed by atoms with Crippen molar-refractivity contribution in [2.75, 3.05) is 6.54 Å². The Morgan fingerprint density at radius 2 is 2.16 bits per heavy atom. The first-order valence-electron chi connectivity index (χ1n) is 5.81. The Morgan fingerprint density at radius 1 is 1.47 bits per heavy atom. The lowest BCUT2D eigenvalue weighted by molar-refractivity contribution is -0.119. The first-order chi connectivity index (χ1) is 8.97. The number of halogens is 1. The van der Waals surface area contributed by atoms with Crippen molar-refractivity contribution in [3.63, 3.8) is 0 Å². The molecule has 1 amide bonds. The number of amides is 1. The number of rotatable bonds is 6. The molecule has 0 aliphatic heterocycles. The normalized spacial score (nSPS) is 13.7. The van der Waals surface area contributed by atoms with Gasteiger partial charge in [0, 0.05) is 19.0 Å². The average molecular weight is 286 g/mol. The summed E-state index contributed by atoms with van der Waals surface area (Å²) in [4.78, 5) is 21.6. The summed E-state index contributed by atoms with van der Waals surface area (Å²) in [5.41, 5.74) is 0.438. The summed E-state index contributed by atoms with van der Waals surface area (Å²) in [5.74, 6) is -0.210. The molecule has 0 aliphatic rings. The maximum Gasteiger partial charge on any atom is 0.216 e. The number of hydrogen-bond acceptors (Lipinski definition) is 4. The fourth-order valence-electron chi connectivity index (χ4n) is 1.70. The molecule has 3 N–H and O–H groups in total. The van der Waals surface area contributed by atoms with Gasteiger partial charge in [-0.2, -0.15) is 0 Å². The topological polar surface area (TPSA) is 86.6 Å². The van der Waals surface area contributed by atoms with Crippen LogP contribution in [0.2, 0.25) is 5.02 Å². The van der Waals surface area contributed by atoms with Crippen LogP contribution in [0.1, 0.15) is 35.4 Å². The van der Waals surface area contributed by atoms with Crippen molar-refractivity contribution in [1.82, 2.24) is 5.32 Å². The van der Waals surface area contributed by atoms with Crippen LogP contribution in [0.5, 0.6) is 0 Å². The minimum absolute atomic E-state index is 0.162. The Bertz CT molecular complexity index is 464. The van der Waals surface area contributed by atoms with Crippen molar-refractivity contribution >= 4 is 23.8 Å². The zero-order valence-corrected chi connectivity index (χ0v) is 11.2. The van der Waals surface area contributed by atoms with Crippen LogP contribution in [0.4, 0.5) is 0 Å². The van der Waals surface area contributed by atoms with E-state index < -0.39 is 12.2 Å². The van der Waals surface area contributed by atoms with Gasteiger partial charge in [-0.25, -0.2) is 0 Å². The highest BCUT2D eigenvalue weighted by Crippen LogP contribution is 2.26. The summed E-state index contributed by atoms with van der Waals surface area (Å²) in [6, 6.07) is 4.65.